The third-order valence-corrected chi connectivity index (χ3v) is 5.25. The van der Waals surface area contributed by atoms with E-state index in [-0.39, 0.29) is 24.5 Å². The van der Waals surface area contributed by atoms with Crippen molar-refractivity contribution in [3.63, 3.8) is 0 Å². The van der Waals surface area contributed by atoms with Gasteiger partial charge in [-0.05, 0) is 30.5 Å². The molecule has 1 amide bonds. The van der Waals surface area contributed by atoms with Gasteiger partial charge in [0.2, 0.25) is 0 Å². The number of ether oxygens (including phenoxy) is 1. The van der Waals surface area contributed by atoms with Crippen molar-refractivity contribution in [1.82, 2.24) is 5.32 Å². The zero-order valence-electron chi connectivity index (χ0n) is 12.9. The van der Waals surface area contributed by atoms with Gasteiger partial charge < -0.3 is 10.1 Å². The summed E-state index contributed by atoms with van der Waals surface area (Å²) >= 11 is 8.47. The first-order chi connectivity index (χ1) is 11.5. The number of hydrogen-bond acceptors (Lipinski definition) is 6. The van der Waals surface area contributed by atoms with E-state index < -0.39 is 12.1 Å². The lowest BCUT2D eigenvalue weighted by atomic mass is 10.2. The number of rotatable bonds is 8. The maximum absolute atomic E-state index is 11.9. The Morgan fingerprint density at radius 2 is 2.04 bits per heavy atom. The van der Waals surface area contributed by atoms with Gasteiger partial charge in [-0.1, -0.05) is 17.7 Å². The molecule has 0 unspecified atom stereocenters. The zero-order chi connectivity index (χ0) is 17.5. The van der Waals surface area contributed by atoms with Crippen LogP contribution in [0.1, 0.15) is 34.3 Å². The van der Waals surface area contributed by atoms with E-state index >= 15 is 0 Å². The lowest BCUT2D eigenvalue weighted by molar-refractivity contribution is -0.154. The SMILES string of the molecule is C[C@H](OC(=O)CCC(=O)c1ccc(Cl)s1)C(=O)NCc1cccs1. The number of Topliss-reactive ketones (excluding diaryl/α,β-unsaturated/α-hetero) is 1. The van der Waals surface area contributed by atoms with Crippen LogP contribution in [0.2, 0.25) is 4.34 Å². The highest BCUT2D eigenvalue weighted by Gasteiger charge is 2.19. The Morgan fingerprint density at radius 3 is 2.67 bits per heavy atom. The summed E-state index contributed by atoms with van der Waals surface area (Å²) < 4.78 is 5.58. The van der Waals surface area contributed by atoms with Gasteiger partial charge in [0.1, 0.15) is 0 Å². The molecule has 0 aliphatic rings. The summed E-state index contributed by atoms with van der Waals surface area (Å²) in [5.74, 6) is -1.11. The number of esters is 1. The molecule has 8 heteroatoms. The van der Waals surface area contributed by atoms with Crippen LogP contribution >= 0.6 is 34.3 Å². The van der Waals surface area contributed by atoms with Crippen LogP contribution in [0.5, 0.6) is 0 Å². The molecule has 0 saturated heterocycles. The molecular formula is C16H16ClNO4S2. The quantitative estimate of drug-likeness (QED) is 0.555. The molecule has 128 valence electrons. The van der Waals surface area contributed by atoms with E-state index in [4.69, 9.17) is 16.3 Å². The van der Waals surface area contributed by atoms with E-state index in [0.29, 0.717) is 15.8 Å². The number of amides is 1. The van der Waals surface area contributed by atoms with Crippen molar-refractivity contribution in [2.45, 2.75) is 32.4 Å². The molecule has 0 spiro atoms. The third-order valence-electron chi connectivity index (χ3n) is 3.10. The predicted molar refractivity (Wildman–Crippen MR) is 94.6 cm³/mol. The van der Waals surface area contributed by atoms with Crippen molar-refractivity contribution in [2.75, 3.05) is 0 Å². The molecule has 0 aromatic carbocycles. The van der Waals surface area contributed by atoms with Gasteiger partial charge in [-0.3, -0.25) is 14.4 Å². The smallest absolute Gasteiger partial charge is 0.307 e. The zero-order valence-corrected chi connectivity index (χ0v) is 15.3. The largest absolute Gasteiger partial charge is 0.453 e. The Hall–Kier alpha value is -1.70. The minimum absolute atomic E-state index is 0.0270. The van der Waals surface area contributed by atoms with Gasteiger partial charge in [-0.25, -0.2) is 0 Å². The first-order valence-corrected chi connectivity index (χ1v) is 9.31. The Labute approximate surface area is 152 Å². The van der Waals surface area contributed by atoms with Crippen molar-refractivity contribution in [3.8, 4) is 0 Å². The Balaban J connectivity index is 1.70. The fraction of sp³-hybridized carbons (Fsp3) is 0.312. The van der Waals surface area contributed by atoms with Crippen LogP contribution < -0.4 is 5.32 Å². The number of ketones is 1. The van der Waals surface area contributed by atoms with Crippen molar-refractivity contribution in [3.05, 3.63) is 43.7 Å². The van der Waals surface area contributed by atoms with Crippen LogP contribution in [-0.4, -0.2) is 23.8 Å². The van der Waals surface area contributed by atoms with Crippen LogP contribution in [-0.2, 0) is 20.9 Å². The van der Waals surface area contributed by atoms with Gasteiger partial charge in [0, 0.05) is 11.3 Å². The van der Waals surface area contributed by atoms with E-state index in [1.54, 1.807) is 12.1 Å². The number of nitrogens with one attached hydrogen (secondary N) is 1. The first kappa shape index (κ1) is 18.6. The number of thiophene rings is 2. The minimum atomic E-state index is -0.899. The van der Waals surface area contributed by atoms with E-state index in [1.807, 2.05) is 17.5 Å². The predicted octanol–water partition coefficient (Wildman–Crippen LogP) is 3.67. The fourth-order valence-corrected chi connectivity index (χ4v) is 3.50. The second-order valence-corrected chi connectivity index (χ2v) is 7.70. The number of carbonyl (C=O) groups is 3. The average molecular weight is 386 g/mol. The van der Waals surface area contributed by atoms with Gasteiger partial charge >= 0.3 is 5.97 Å². The van der Waals surface area contributed by atoms with Crippen molar-refractivity contribution >= 4 is 51.9 Å². The maximum atomic E-state index is 11.9. The number of carbonyl (C=O) groups excluding carboxylic acids is 3. The molecule has 2 aromatic heterocycles. The fourth-order valence-electron chi connectivity index (χ4n) is 1.84. The molecule has 1 N–H and O–H groups in total. The van der Waals surface area contributed by atoms with Crippen LogP contribution in [0.25, 0.3) is 0 Å². The molecule has 0 bridgehead atoms. The second-order valence-electron chi connectivity index (χ2n) is 4.96. The molecular weight excluding hydrogens is 370 g/mol. The van der Waals surface area contributed by atoms with Crippen molar-refractivity contribution < 1.29 is 19.1 Å². The van der Waals surface area contributed by atoms with Crippen LogP contribution in [0.4, 0.5) is 0 Å². The standard InChI is InChI=1S/C16H16ClNO4S2/c1-10(16(21)18-9-11-3-2-8-23-11)22-15(20)7-4-12(19)13-5-6-14(17)24-13/h2-3,5-6,8,10H,4,7,9H2,1H3,(H,18,21)/t10-/m0/s1. The molecule has 2 aromatic rings. The molecule has 0 saturated carbocycles. The molecule has 1 atom stereocenters. The molecule has 0 radical (unpaired) electrons. The lowest BCUT2D eigenvalue weighted by Gasteiger charge is -2.13. The minimum Gasteiger partial charge on any atom is -0.453 e. The second kappa shape index (κ2) is 8.96. The van der Waals surface area contributed by atoms with E-state index in [2.05, 4.69) is 5.32 Å². The van der Waals surface area contributed by atoms with Gasteiger partial charge in [0.15, 0.2) is 11.9 Å². The molecule has 2 rings (SSSR count). The summed E-state index contributed by atoms with van der Waals surface area (Å²) in [4.78, 5) is 37.0. The van der Waals surface area contributed by atoms with Crippen LogP contribution in [0, 0.1) is 0 Å². The van der Waals surface area contributed by atoms with Gasteiger partial charge in [-0.2, -0.15) is 0 Å². The molecule has 5 nitrogen and oxygen atoms in total. The highest BCUT2D eigenvalue weighted by Crippen LogP contribution is 2.23. The van der Waals surface area contributed by atoms with Gasteiger partial charge in [0.05, 0.1) is 22.2 Å². The maximum Gasteiger partial charge on any atom is 0.307 e. The van der Waals surface area contributed by atoms with E-state index in [1.165, 1.54) is 29.6 Å². The van der Waals surface area contributed by atoms with Gasteiger partial charge in [0.25, 0.3) is 5.91 Å². The third kappa shape index (κ3) is 5.74. The van der Waals surface area contributed by atoms with E-state index in [9.17, 15) is 14.4 Å². The summed E-state index contributed by atoms with van der Waals surface area (Å²) in [6.45, 7) is 1.90. The van der Waals surface area contributed by atoms with Crippen LogP contribution in [0.3, 0.4) is 0 Å². The van der Waals surface area contributed by atoms with Crippen LogP contribution in [0.15, 0.2) is 29.6 Å². The van der Waals surface area contributed by atoms with E-state index in [0.717, 1.165) is 4.88 Å². The topological polar surface area (TPSA) is 72.5 Å². The first-order valence-electron chi connectivity index (χ1n) is 7.24. The molecule has 0 fully saturated rings. The monoisotopic (exact) mass is 385 g/mol. The summed E-state index contributed by atoms with van der Waals surface area (Å²) in [5.41, 5.74) is 0. The molecule has 2 heterocycles. The summed E-state index contributed by atoms with van der Waals surface area (Å²) in [6, 6.07) is 7.07. The Morgan fingerprint density at radius 1 is 1.25 bits per heavy atom. The summed E-state index contributed by atoms with van der Waals surface area (Å²) in [5, 5.41) is 4.62. The number of halogens is 1. The normalized spacial score (nSPS) is 11.8. The molecule has 24 heavy (non-hydrogen) atoms. The van der Waals surface area contributed by atoms with Crippen molar-refractivity contribution in [2.24, 2.45) is 0 Å². The number of hydrogen-bond donors (Lipinski definition) is 1. The average Bonchev–Trinajstić information content (AvgIpc) is 3.21. The Bertz CT molecular complexity index is 711. The van der Waals surface area contributed by atoms with Crippen molar-refractivity contribution in [1.29, 1.82) is 0 Å². The lowest BCUT2D eigenvalue weighted by Crippen LogP contribution is -2.35. The summed E-state index contributed by atoms with van der Waals surface area (Å²) in [7, 11) is 0. The summed E-state index contributed by atoms with van der Waals surface area (Å²) in [6.07, 6.45) is -0.945. The highest BCUT2D eigenvalue weighted by atomic mass is 35.5. The van der Waals surface area contributed by atoms with Gasteiger partial charge in [-0.15, -0.1) is 22.7 Å². The Kier molecular flexibility index (Phi) is 6.96. The molecule has 0 aliphatic heterocycles. The highest BCUT2D eigenvalue weighted by molar-refractivity contribution is 7.18. The molecule has 0 aliphatic carbocycles.